The van der Waals surface area contributed by atoms with Crippen LogP contribution >= 0.6 is 23.5 Å². The van der Waals surface area contributed by atoms with Crippen LogP contribution in [0.2, 0.25) is 0 Å². The van der Waals surface area contributed by atoms with Crippen LogP contribution in [0, 0.1) is 10.1 Å². The number of nitro benzene ring substituents is 1. The third kappa shape index (κ3) is 5.61. The van der Waals surface area contributed by atoms with Gasteiger partial charge in [0.1, 0.15) is 0 Å². The van der Waals surface area contributed by atoms with Crippen LogP contribution in [0.5, 0.6) is 0 Å². The summed E-state index contributed by atoms with van der Waals surface area (Å²) in [6.45, 7) is 1.47. The van der Waals surface area contributed by atoms with E-state index in [4.69, 9.17) is 0 Å². The number of anilines is 1. The molecular formula is C21H18N2O3S2. The van der Waals surface area contributed by atoms with Crippen molar-refractivity contribution in [3.8, 4) is 0 Å². The number of thioether (sulfide) groups is 1. The normalized spacial score (nSPS) is 10.5. The first kappa shape index (κ1) is 20.0. The monoisotopic (exact) mass is 410 g/mol. The molecule has 28 heavy (non-hydrogen) atoms. The summed E-state index contributed by atoms with van der Waals surface area (Å²) in [5.41, 5.74) is 1.97. The molecule has 0 atom stereocenters. The highest BCUT2D eigenvalue weighted by Crippen LogP contribution is 2.37. The van der Waals surface area contributed by atoms with Crippen LogP contribution in [0.25, 0.3) is 0 Å². The second kappa shape index (κ2) is 9.43. The average Bonchev–Trinajstić information content (AvgIpc) is 2.68. The molecule has 0 saturated heterocycles. The number of hydrogen-bond donors (Lipinski definition) is 1. The summed E-state index contributed by atoms with van der Waals surface area (Å²) >= 11 is 2.98. The molecule has 3 aromatic carbocycles. The van der Waals surface area contributed by atoms with Crippen LogP contribution < -0.4 is 5.32 Å². The van der Waals surface area contributed by atoms with Gasteiger partial charge < -0.3 is 5.32 Å². The topological polar surface area (TPSA) is 72.2 Å². The van der Waals surface area contributed by atoms with Gasteiger partial charge in [0.25, 0.3) is 5.69 Å². The zero-order valence-corrected chi connectivity index (χ0v) is 16.8. The largest absolute Gasteiger partial charge is 0.326 e. The van der Waals surface area contributed by atoms with Gasteiger partial charge in [-0.05, 0) is 42.0 Å². The molecule has 1 amide bonds. The van der Waals surface area contributed by atoms with Crippen LogP contribution in [0.1, 0.15) is 12.5 Å². The van der Waals surface area contributed by atoms with Gasteiger partial charge in [0, 0.05) is 34.2 Å². The number of nitrogens with zero attached hydrogens (tertiary/aromatic N) is 1. The van der Waals surface area contributed by atoms with E-state index in [9.17, 15) is 14.9 Å². The molecule has 3 aromatic rings. The van der Waals surface area contributed by atoms with Gasteiger partial charge in [0.05, 0.1) is 9.82 Å². The van der Waals surface area contributed by atoms with Crippen LogP contribution in [-0.4, -0.2) is 10.8 Å². The lowest BCUT2D eigenvalue weighted by atomic mass is 10.2. The van der Waals surface area contributed by atoms with E-state index in [2.05, 4.69) is 5.32 Å². The van der Waals surface area contributed by atoms with Gasteiger partial charge in [-0.3, -0.25) is 14.9 Å². The zero-order valence-electron chi connectivity index (χ0n) is 15.1. The molecular weight excluding hydrogens is 392 g/mol. The third-order valence-electron chi connectivity index (χ3n) is 3.78. The quantitative estimate of drug-likeness (QED) is 0.294. The molecule has 0 bridgehead atoms. The number of rotatable bonds is 7. The molecule has 3 rings (SSSR count). The zero-order chi connectivity index (χ0) is 19.9. The van der Waals surface area contributed by atoms with Gasteiger partial charge in [-0.2, -0.15) is 0 Å². The van der Waals surface area contributed by atoms with E-state index in [1.165, 1.54) is 30.4 Å². The summed E-state index contributed by atoms with van der Waals surface area (Å²) < 4.78 is 0. The van der Waals surface area contributed by atoms with Crippen molar-refractivity contribution in [3.63, 3.8) is 0 Å². The molecule has 0 aliphatic heterocycles. The number of hydrogen-bond acceptors (Lipinski definition) is 5. The van der Waals surface area contributed by atoms with Crippen molar-refractivity contribution in [2.24, 2.45) is 0 Å². The Hall–Kier alpha value is -2.77. The van der Waals surface area contributed by atoms with Crippen molar-refractivity contribution in [2.75, 3.05) is 5.32 Å². The van der Waals surface area contributed by atoms with Gasteiger partial charge in [-0.15, -0.1) is 11.8 Å². The second-order valence-electron chi connectivity index (χ2n) is 5.97. The third-order valence-corrected chi connectivity index (χ3v) is 5.89. The standard InChI is InChI=1S/C21H18N2O3S2/c1-15(24)22-17-7-9-18(10-8-17)28-19-11-12-20(23(25)26)21(13-19)27-14-16-5-3-2-4-6-16/h2-13H,14H2,1H3,(H,22,24). The first-order valence-corrected chi connectivity index (χ1v) is 10.3. The molecule has 0 aliphatic rings. The summed E-state index contributed by atoms with van der Waals surface area (Å²) in [5, 5.41) is 14.1. The Labute approximate surface area is 171 Å². The van der Waals surface area contributed by atoms with Crippen molar-refractivity contribution in [2.45, 2.75) is 27.4 Å². The molecule has 0 fully saturated rings. The molecule has 5 nitrogen and oxygen atoms in total. The molecule has 1 N–H and O–H groups in total. The lowest BCUT2D eigenvalue weighted by Gasteiger charge is -2.08. The first-order valence-electron chi connectivity index (χ1n) is 8.52. The first-order chi connectivity index (χ1) is 13.5. The maximum atomic E-state index is 11.4. The molecule has 0 heterocycles. The molecule has 0 unspecified atom stereocenters. The number of benzene rings is 3. The highest BCUT2D eigenvalue weighted by atomic mass is 32.2. The van der Waals surface area contributed by atoms with E-state index in [1.807, 2.05) is 60.7 Å². The number of carbonyl (C=O) groups is 1. The SMILES string of the molecule is CC(=O)Nc1ccc(Sc2ccc([N+](=O)[O-])c(SCc3ccccc3)c2)cc1. The fourth-order valence-electron chi connectivity index (χ4n) is 2.51. The van der Waals surface area contributed by atoms with Crippen LogP contribution in [-0.2, 0) is 10.5 Å². The average molecular weight is 411 g/mol. The Morgan fingerprint density at radius 1 is 1.00 bits per heavy atom. The van der Waals surface area contributed by atoms with Crippen molar-refractivity contribution >= 4 is 40.8 Å². The van der Waals surface area contributed by atoms with Gasteiger partial charge in [0.2, 0.25) is 5.91 Å². The van der Waals surface area contributed by atoms with E-state index >= 15 is 0 Å². The Balaban J connectivity index is 1.76. The van der Waals surface area contributed by atoms with Crippen molar-refractivity contribution in [1.29, 1.82) is 0 Å². The predicted molar refractivity (Wildman–Crippen MR) is 114 cm³/mol. The van der Waals surface area contributed by atoms with Gasteiger partial charge in [-0.25, -0.2) is 0 Å². The smallest absolute Gasteiger partial charge is 0.282 e. The molecule has 0 aliphatic carbocycles. The number of nitrogens with one attached hydrogen (secondary N) is 1. The van der Waals surface area contributed by atoms with E-state index in [0.717, 1.165) is 21.0 Å². The molecule has 0 aromatic heterocycles. The highest BCUT2D eigenvalue weighted by molar-refractivity contribution is 7.99. The van der Waals surface area contributed by atoms with Crippen molar-refractivity contribution < 1.29 is 9.72 Å². The van der Waals surface area contributed by atoms with Gasteiger partial charge >= 0.3 is 0 Å². The number of nitro groups is 1. The molecule has 0 spiro atoms. The highest BCUT2D eigenvalue weighted by Gasteiger charge is 2.15. The van der Waals surface area contributed by atoms with E-state index in [-0.39, 0.29) is 16.5 Å². The van der Waals surface area contributed by atoms with Gasteiger partial charge in [0.15, 0.2) is 0 Å². The lowest BCUT2D eigenvalue weighted by Crippen LogP contribution is -2.05. The Bertz CT molecular complexity index is 977. The summed E-state index contributed by atoms with van der Waals surface area (Å²) in [7, 11) is 0. The summed E-state index contributed by atoms with van der Waals surface area (Å²) in [6.07, 6.45) is 0. The fraction of sp³-hybridized carbons (Fsp3) is 0.0952. The molecule has 142 valence electrons. The molecule has 0 radical (unpaired) electrons. The second-order valence-corrected chi connectivity index (χ2v) is 8.13. The predicted octanol–water partition coefficient (Wildman–Crippen LogP) is 6.00. The van der Waals surface area contributed by atoms with E-state index in [0.29, 0.717) is 10.6 Å². The van der Waals surface area contributed by atoms with E-state index in [1.54, 1.807) is 12.1 Å². The fourth-order valence-corrected chi connectivity index (χ4v) is 4.45. The van der Waals surface area contributed by atoms with Crippen LogP contribution in [0.3, 0.4) is 0 Å². The van der Waals surface area contributed by atoms with Gasteiger partial charge in [-0.1, -0.05) is 42.1 Å². The van der Waals surface area contributed by atoms with Crippen LogP contribution in [0.15, 0.2) is 87.5 Å². The summed E-state index contributed by atoms with van der Waals surface area (Å²) in [6, 6.07) is 22.6. The molecule has 0 saturated carbocycles. The minimum Gasteiger partial charge on any atom is -0.326 e. The minimum atomic E-state index is -0.343. The number of carbonyl (C=O) groups excluding carboxylic acids is 1. The molecule has 7 heteroatoms. The summed E-state index contributed by atoms with van der Waals surface area (Å²) in [4.78, 5) is 24.7. The minimum absolute atomic E-state index is 0.115. The van der Waals surface area contributed by atoms with E-state index < -0.39 is 0 Å². The van der Waals surface area contributed by atoms with Crippen molar-refractivity contribution in [1.82, 2.24) is 0 Å². The summed E-state index contributed by atoms with van der Waals surface area (Å²) in [5.74, 6) is 0.553. The Morgan fingerprint density at radius 3 is 2.32 bits per heavy atom. The Morgan fingerprint density at radius 2 is 1.68 bits per heavy atom. The Kier molecular flexibility index (Phi) is 6.73. The van der Waals surface area contributed by atoms with Crippen molar-refractivity contribution in [3.05, 3.63) is 88.5 Å². The lowest BCUT2D eigenvalue weighted by molar-refractivity contribution is -0.387. The maximum absolute atomic E-state index is 11.4. The van der Waals surface area contributed by atoms with Crippen LogP contribution in [0.4, 0.5) is 11.4 Å². The number of amides is 1. The maximum Gasteiger partial charge on any atom is 0.282 e.